The van der Waals surface area contributed by atoms with Crippen molar-refractivity contribution in [2.75, 3.05) is 26.3 Å². The summed E-state index contributed by atoms with van der Waals surface area (Å²) < 4.78 is 8.04. The molecule has 0 aromatic carbocycles. The zero-order valence-electron chi connectivity index (χ0n) is 19.3. The van der Waals surface area contributed by atoms with E-state index in [0.717, 1.165) is 12.8 Å². The maximum atomic E-state index is 13.4. The molecule has 2 fully saturated rings. The summed E-state index contributed by atoms with van der Waals surface area (Å²) in [5.74, 6) is -1.13. The van der Waals surface area contributed by atoms with Crippen LogP contribution in [0.25, 0.3) is 11.7 Å². The minimum atomic E-state index is -0.590. The van der Waals surface area contributed by atoms with Crippen LogP contribution in [0, 0.1) is 5.92 Å². The molecule has 1 aliphatic heterocycles. The Kier molecular flexibility index (Phi) is 6.55. The molecule has 2 amide bonds. The quantitative estimate of drug-likeness (QED) is 0.603. The minimum absolute atomic E-state index is 0.0408. The van der Waals surface area contributed by atoms with Gasteiger partial charge in [0.25, 0.3) is 11.5 Å². The normalized spacial score (nSPS) is 16.8. The van der Waals surface area contributed by atoms with E-state index >= 15 is 0 Å². The molecule has 2 aromatic heterocycles. The largest absolute Gasteiger partial charge is 0.492 e. The Morgan fingerprint density at radius 2 is 1.97 bits per heavy atom. The lowest BCUT2D eigenvalue weighted by molar-refractivity contribution is -0.129. The van der Waals surface area contributed by atoms with E-state index in [9.17, 15) is 19.5 Å². The van der Waals surface area contributed by atoms with Gasteiger partial charge in [0.2, 0.25) is 11.8 Å². The fourth-order valence-electron chi connectivity index (χ4n) is 4.00. The molecule has 3 heterocycles. The van der Waals surface area contributed by atoms with Crippen LogP contribution in [-0.4, -0.2) is 68.3 Å². The van der Waals surface area contributed by atoms with Gasteiger partial charge in [0.1, 0.15) is 5.65 Å². The van der Waals surface area contributed by atoms with Gasteiger partial charge in [-0.15, -0.1) is 0 Å². The van der Waals surface area contributed by atoms with Crippen molar-refractivity contribution in [1.82, 2.24) is 24.4 Å². The van der Waals surface area contributed by atoms with Crippen molar-refractivity contribution in [2.45, 2.75) is 52.6 Å². The maximum absolute atomic E-state index is 13.4. The molecular formula is C23H31N5O5. The van der Waals surface area contributed by atoms with Crippen LogP contribution >= 0.6 is 0 Å². The molecule has 2 N–H and O–H groups in total. The number of amides is 2. The number of aromatic hydroxyl groups is 1. The summed E-state index contributed by atoms with van der Waals surface area (Å²) in [6, 6.07) is 0.0408. The first kappa shape index (κ1) is 23.0. The van der Waals surface area contributed by atoms with Crippen molar-refractivity contribution in [3.05, 3.63) is 33.3 Å². The van der Waals surface area contributed by atoms with Gasteiger partial charge in [-0.25, -0.2) is 0 Å². The van der Waals surface area contributed by atoms with Gasteiger partial charge >= 0.3 is 0 Å². The predicted molar refractivity (Wildman–Crippen MR) is 122 cm³/mol. The summed E-state index contributed by atoms with van der Waals surface area (Å²) >= 11 is 0. The summed E-state index contributed by atoms with van der Waals surface area (Å²) in [4.78, 5) is 40.5. The first-order chi connectivity index (χ1) is 15.8. The highest BCUT2D eigenvalue weighted by atomic mass is 16.5. The van der Waals surface area contributed by atoms with Crippen LogP contribution in [0.3, 0.4) is 0 Å². The third-order valence-electron chi connectivity index (χ3n) is 5.85. The third-order valence-corrected chi connectivity index (χ3v) is 5.85. The number of morpholine rings is 1. The van der Waals surface area contributed by atoms with E-state index in [1.807, 2.05) is 20.8 Å². The Balaban J connectivity index is 1.84. The number of ether oxygens (including phenoxy) is 1. The second-order valence-electron chi connectivity index (χ2n) is 8.98. The molecule has 10 nitrogen and oxygen atoms in total. The lowest BCUT2D eigenvalue weighted by Crippen LogP contribution is -2.39. The van der Waals surface area contributed by atoms with E-state index in [1.165, 1.54) is 15.2 Å². The van der Waals surface area contributed by atoms with Crippen LogP contribution in [0.2, 0.25) is 0 Å². The van der Waals surface area contributed by atoms with E-state index < -0.39 is 17.3 Å². The number of aromatic nitrogens is 3. The van der Waals surface area contributed by atoms with Gasteiger partial charge in [0.05, 0.1) is 18.9 Å². The van der Waals surface area contributed by atoms with E-state index in [2.05, 4.69) is 10.4 Å². The average Bonchev–Trinajstić information content (AvgIpc) is 3.52. The van der Waals surface area contributed by atoms with Crippen LogP contribution in [0.4, 0.5) is 0 Å². The van der Waals surface area contributed by atoms with Crippen molar-refractivity contribution >= 4 is 23.5 Å². The minimum Gasteiger partial charge on any atom is -0.492 e. The second kappa shape index (κ2) is 9.38. The molecule has 178 valence electrons. The molecule has 0 bridgehead atoms. The van der Waals surface area contributed by atoms with Gasteiger partial charge in [-0.05, 0) is 31.3 Å². The molecular weight excluding hydrogens is 426 g/mol. The van der Waals surface area contributed by atoms with Gasteiger partial charge in [-0.2, -0.15) is 9.61 Å². The van der Waals surface area contributed by atoms with Crippen LogP contribution in [0.1, 0.15) is 55.2 Å². The molecule has 1 saturated carbocycles. The van der Waals surface area contributed by atoms with Gasteiger partial charge < -0.3 is 20.1 Å². The molecule has 2 aliphatic rings. The molecule has 4 rings (SSSR count). The van der Waals surface area contributed by atoms with E-state index in [-0.39, 0.29) is 23.4 Å². The van der Waals surface area contributed by atoms with Gasteiger partial charge in [0, 0.05) is 37.3 Å². The molecule has 0 unspecified atom stereocenters. The van der Waals surface area contributed by atoms with E-state index in [4.69, 9.17) is 4.74 Å². The number of carbonyl (C=O) groups excluding carboxylic acids is 2. The molecule has 0 radical (unpaired) electrons. The van der Waals surface area contributed by atoms with E-state index in [1.54, 1.807) is 11.0 Å². The summed E-state index contributed by atoms with van der Waals surface area (Å²) in [5.41, 5.74) is 0.704. The van der Waals surface area contributed by atoms with Crippen molar-refractivity contribution in [3.8, 4) is 5.88 Å². The molecule has 2 aromatic rings. The Labute approximate surface area is 191 Å². The molecule has 1 aliphatic carbocycles. The Hall–Kier alpha value is -3.14. The van der Waals surface area contributed by atoms with E-state index in [0.29, 0.717) is 56.2 Å². The first-order valence-electron chi connectivity index (χ1n) is 11.5. The number of nitrogens with one attached hydrogen (secondary N) is 1. The number of carbonyl (C=O) groups is 2. The number of hydrogen-bond donors (Lipinski definition) is 2. The number of aryl methyl sites for hydroxylation is 1. The molecule has 0 atom stereocenters. The second-order valence-corrected chi connectivity index (χ2v) is 8.98. The van der Waals surface area contributed by atoms with Gasteiger partial charge in [0.15, 0.2) is 5.56 Å². The van der Waals surface area contributed by atoms with Gasteiger partial charge in [-0.1, -0.05) is 20.8 Å². The van der Waals surface area contributed by atoms with Crippen molar-refractivity contribution in [3.63, 3.8) is 0 Å². The summed E-state index contributed by atoms with van der Waals surface area (Å²) in [6.07, 6.45) is 5.37. The zero-order chi connectivity index (χ0) is 23.7. The Bertz CT molecular complexity index is 1150. The number of nitrogens with zero attached hydrogens (tertiary/aromatic N) is 4. The van der Waals surface area contributed by atoms with Crippen LogP contribution in [0.5, 0.6) is 5.88 Å². The maximum Gasteiger partial charge on any atom is 0.270 e. The number of hydrogen-bond acceptors (Lipinski definition) is 6. The molecule has 0 spiro atoms. The summed E-state index contributed by atoms with van der Waals surface area (Å²) in [7, 11) is 0. The van der Waals surface area contributed by atoms with Crippen molar-refractivity contribution < 1.29 is 19.4 Å². The van der Waals surface area contributed by atoms with Gasteiger partial charge in [-0.3, -0.25) is 19.0 Å². The smallest absolute Gasteiger partial charge is 0.270 e. The average molecular weight is 458 g/mol. The third kappa shape index (κ3) is 4.66. The topological polar surface area (TPSA) is 118 Å². The highest BCUT2D eigenvalue weighted by Gasteiger charge is 2.30. The predicted octanol–water partition coefficient (Wildman–Crippen LogP) is 1.18. The summed E-state index contributed by atoms with van der Waals surface area (Å²) in [6.45, 7) is 8.23. The van der Waals surface area contributed by atoms with Crippen LogP contribution in [-0.2, 0) is 22.5 Å². The Morgan fingerprint density at radius 3 is 2.58 bits per heavy atom. The molecule has 10 heteroatoms. The van der Waals surface area contributed by atoms with Crippen LogP contribution in [0.15, 0.2) is 10.9 Å². The highest BCUT2D eigenvalue weighted by molar-refractivity contribution is 5.97. The monoisotopic (exact) mass is 457 g/mol. The fourth-order valence-corrected chi connectivity index (χ4v) is 4.00. The summed E-state index contributed by atoms with van der Waals surface area (Å²) in [5, 5.41) is 18.2. The van der Waals surface area contributed by atoms with Crippen molar-refractivity contribution in [2.24, 2.45) is 5.92 Å². The number of fused-ring (bicyclic) bond motifs is 1. The molecule has 33 heavy (non-hydrogen) atoms. The lowest BCUT2D eigenvalue weighted by atomic mass is 10.1. The fraction of sp³-hybridized carbons (Fsp3) is 0.565. The van der Waals surface area contributed by atoms with Crippen molar-refractivity contribution in [1.29, 1.82) is 0 Å². The first-order valence-corrected chi connectivity index (χ1v) is 11.5. The van der Waals surface area contributed by atoms with Crippen LogP contribution < -0.4 is 10.9 Å². The number of rotatable bonds is 7. The standard InChI is InChI=1S/C23H31N5O5/c1-4-17-16(7-8-18(29)26-9-11-33-12-10-26)21-27(13-14(2)3)22(31)19(23(32)28(21)25-17)20(30)24-15-5-6-15/h7-8,14-15,32H,4-6,9-13H2,1-3H3,(H,24,30)/b8-7+. The Morgan fingerprint density at radius 1 is 1.27 bits per heavy atom. The highest BCUT2D eigenvalue weighted by Crippen LogP contribution is 2.26. The molecule has 1 saturated heterocycles. The SMILES string of the molecule is CCc1nn2c(O)c(C(=O)NC3CC3)c(=O)n(CC(C)C)c2c1/C=C/C(=O)N1CCOCC1. The zero-order valence-corrected chi connectivity index (χ0v) is 19.3. The lowest BCUT2D eigenvalue weighted by Gasteiger charge is -2.25.